The van der Waals surface area contributed by atoms with Gasteiger partial charge >= 0.3 is 0 Å². The van der Waals surface area contributed by atoms with Crippen LogP contribution in [0.15, 0.2) is 54.6 Å². The molecule has 3 aromatic rings. The van der Waals surface area contributed by atoms with Gasteiger partial charge in [-0.15, -0.1) is 0 Å². The van der Waals surface area contributed by atoms with Crippen molar-refractivity contribution in [3.8, 4) is 28.0 Å². The van der Waals surface area contributed by atoms with Crippen LogP contribution in [-0.2, 0) is 0 Å². The first-order valence-corrected chi connectivity index (χ1v) is 14.4. The predicted molar refractivity (Wildman–Crippen MR) is 149 cm³/mol. The predicted octanol–water partition coefficient (Wildman–Crippen LogP) is 10.3. The van der Waals surface area contributed by atoms with Crippen LogP contribution >= 0.6 is 0 Å². The molecule has 2 aliphatic rings. The van der Waals surface area contributed by atoms with Gasteiger partial charge in [0, 0.05) is 11.1 Å². The van der Waals surface area contributed by atoms with Crippen molar-refractivity contribution in [1.82, 2.24) is 0 Å². The van der Waals surface area contributed by atoms with E-state index in [0.29, 0.717) is 17.0 Å². The number of hydrogen-bond donors (Lipinski definition) is 0. The van der Waals surface area contributed by atoms with Crippen molar-refractivity contribution in [2.24, 2.45) is 17.8 Å². The Morgan fingerprint density at radius 1 is 0.684 bits per heavy atom. The molecule has 0 N–H and O–H groups in total. The van der Waals surface area contributed by atoms with Gasteiger partial charge in [0.25, 0.3) is 0 Å². The molecule has 0 heterocycles. The lowest BCUT2D eigenvalue weighted by molar-refractivity contribution is 0.156. The maximum absolute atomic E-state index is 15.3. The molecule has 5 rings (SSSR count). The Hall–Kier alpha value is -2.75. The van der Waals surface area contributed by atoms with Gasteiger partial charge in [-0.1, -0.05) is 69.0 Å². The molecule has 2 saturated carbocycles. The summed E-state index contributed by atoms with van der Waals surface area (Å²) in [6, 6.07) is 15.5. The van der Waals surface area contributed by atoms with Gasteiger partial charge in [0.1, 0.15) is 5.82 Å². The number of ether oxygens (including phenoxy) is 1. The minimum atomic E-state index is -1.01. The van der Waals surface area contributed by atoms with Gasteiger partial charge in [0.05, 0.1) is 7.11 Å². The third kappa shape index (κ3) is 5.65. The third-order valence-electron chi connectivity index (χ3n) is 9.27. The van der Waals surface area contributed by atoms with Crippen molar-refractivity contribution in [3.05, 3.63) is 77.6 Å². The molecule has 0 aliphatic heterocycles. The molecule has 0 atom stereocenters. The average Bonchev–Trinajstić information content (AvgIpc) is 2.95. The van der Waals surface area contributed by atoms with Gasteiger partial charge in [-0.3, -0.25) is 0 Å². The van der Waals surface area contributed by atoms with Crippen molar-refractivity contribution in [1.29, 1.82) is 0 Å². The monoisotopic (exact) mass is 520 g/mol. The van der Waals surface area contributed by atoms with E-state index in [-0.39, 0.29) is 17.1 Å². The Kier molecular flexibility index (Phi) is 8.45. The molecule has 4 heteroatoms. The highest BCUT2D eigenvalue weighted by Crippen LogP contribution is 2.45. The Morgan fingerprint density at radius 2 is 1.26 bits per heavy atom. The van der Waals surface area contributed by atoms with Crippen LogP contribution in [0, 0.1) is 35.2 Å². The van der Waals surface area contributed by atoms with Gasteiger partial charge in [-0.2, -0.15) is 4.39 Å². The molecule has 0 saturated heterocycles. The van der Waals surface area contributed by atoms with Crippen molar-refractivity contribution >= 4 is 0 Å². The molecule has 3 aromatic carbocycles. The summed E-state index contributed by atoms with van der Waals surface area (Å²) in [4.78, 5) is 0. The molecule has 0 unspecified atom stereocenters. The molecule has 202 valence electrons. The number of hydrogen-bond acceptors (Lipinski definition) is 1. The Balaban J connectivity index is 1.22. The lowest BCUT2D eigenvalue weighted by atomic mass is 9.68. The van der Waals surface area contributed by atoms with Crippen LogP contribution in [0.5, 0.6) is 5.75 Å². The van der Waals surface area contributed by atoms with E-state index in [0.717, 1.165) is 41.7 Å². The van der Waals surface area contributed by atoms with Crippen LogP contribution in [0.25, 0.3) is 22.3 Å². The van der Waals surface area contributed by atoms with Crippen LogP contribution < -0.4 is 4.74 Å². The summed E-state index contributed by atoms with van der Waals surface area (Å²) in [5.74, 6) is 0.810. The van der Waals surface area contributed by atoms with Crippen LogP contribution in [0.3, 0.4) is 0 Å². The first kappa shape index (κ1) is 26.8. The van der Waals surface area contributed by atoms with Gasteiger partial charge in [0.15, 0.2) is 11.6 Å². The summed E-state index contributed by atoms with van der Waals surface area (Å²) < 4.78 is 48.8. The lowest BCUT2D eigenvalue weighted by Gasteiger charge is -2.38. The zero-order valence-corrected chi connectivity index (χ0v) is 22.6. The molecule has 2 fully saturated rings. The fourth-order valence-electron chi connectivity index (χ4n) is 7.04. The van der Waals surface area contributed by atoms with E-state index in [1.54, 1.807) is 30.3 Å². The molecular weight excluding hydrogens is 481 g/mol. The second kappa shape index (κ2) is 12.0. The zero-order chi connectivity index (χ0) is 26.6. The number of rotatable bonds is 7. The Morgan fingerprint density at radius 3 is 1.84 bits per heavy atom. The van der Waals surface area contributed by atoms with Crippen molar-refractivity contribution in [2.75, 3.05) is 7.11 Å². The van der Waals surface area contributed by atoms with E-state index in [1.807, 2.05) is 6.07 Å². The molecule has 0 aromatic heterocycles. The number of methoxy groups -OCH3 is 1. The van der Waals surface area contributed by atoms with Gasteiger partial charge in [0.2, 0.25) is 5.82 Å². The first-order chi connectivity index (χ1) is 18.5. The van der Waals surface area contributed by atoms with Gasteiger partial charge in [-0.25, -0.2) is 8.78 Å². The Bertz CT molecular complexity index is 1220. The van der Waals surface area contributed by atoms with E-state index in [4.69, 9.17) is 4.74 Å². The van der Waals surface area contributed by atoms with E-state index in [2.05, 4.69) is 13.0 Å². The summed E-state index contributed by atoms with van der Waals surface area (Å²) in [6.45, 7) is 2.30. The summed E-state index contributed by atoms with van der Waals surface area (Å²) in [7, 11) is 1.30. The molecule has 0 radical (unpaired) electrons. The second-order valence-electron chi connectivity index (χ2n) is 11.4. The molecule has 1 nitrogen and oxygen atoms in total. The second-order valence-corrected chi connectivity index (χ2v) is 11.4. The minimum Gasteiger partial charge on any atom is -0.494 e. The van der Waals surface area contributed by atoms with Crippen LogP contribution in [0.4, 0.5) is 13.2 Å². The van der Waals surface area contributed by atoms with E-state index in [9.17, 15) is 8.78 Å². The highest BCUT2D eigenvalue weighted by molar-refractivity contribution is 5.71. The summed E-state index contributed by atoms with van der Waals surface area (Å²) in [5.41, 5.74) is 3.02. The van der Waals surface area contributed by atoms with E-state index in [1.165, 1.54) is 70.6 Å². The van der Waals surface area contributed by atoms with Gasteiger partial charge in [-0.05, 0) is 97.1 Å². The topological polar surface area (TPSA) is 9.23 Å². The maximum atomic E-state index is 15.3. The SMILES string of the molecule is CCCC1CCC(C2CCC(c3ccc(-c4ccc(-c5ccc(OC)c(F)c5F)cc4)c(F)c3)CC2)CC1. The first-order valence-electron chi connectivity index (χ1n) is 14.4. The highest BCUT2D eigenvalue weighted by Gasteiger charge is 2.31. The third-order valence-corrected chi connectivity index (χ3v) is 9.27. The van der Waals surface area contributed by atoms with Crippen LogP contribution in [0.1, 0.15) is 82.6 Å². The smallest absolute Gasteiger partial charge is 0.201 e. The number of halogens is 3. The van der Waals surface area contributed by atoms with Crippen molar-refractivity contribution < 1.29 is 17.9 Å². The summed E-state index contributed by atoms with van der Waals surface area (Å²) >= 11 is 0. The molecule has 0 amide bonds. The fraction of sp³-hybridized carbons (Fsp3) is 0.471. The van der Waals surface area contributed by atoms with Crippen LogP contribution in [0.2, 0.25) is 0 Å². The standard InChI is InChI=1S/C34H39F3O/c1-3-4-22-5-7-23(8-6-22)24-9-11-25(12-10-24)28-17-18-29(31(35)21-28)26-13-15-27(16-14-26)30-19-20-32(38-2)34(37)33(30)36/h13-25H,3-12H2,1-2H3. The summed E-state index contributed by atoms with van der Waals surface area (Å²) in [6.07, 6.45) is 13.2. The fourth-order valence-corrected chi connectivity index (χ4v) is 7.04. The Labute approximate surface area is 225 Å². The lowest BCUT2D eigenvalue weighted by Crippen LogP contribution is -2.25. The minimum absolute atomic E-state index is 0.131. The van der Waals surface area contributed by atoms with E-state index >= 15 is 4.39 Å². The van der Waals surface area contributed by atoms with Gasteiger partial charge < -0.3 is 4.74 Å². The maximum Gasteiger partial charge on any atom is 0.201 e. The molecule has 0 spiro atoms. The van der Waals surface area contributed by atoms with Crippen LogP contribution in [-0.4, -0.2) is 7.11 Å². The highest BCUT2D eigenvalue weighted by atomic mass is 19.2. The van der Waals surface area contributed by atoms with E-state index < -0.39 is 11.6 Å². The number of benzene rings is 3. The quantitative estimate of drug-likeness (QED) is 0.301. The van der Waals surface area contributed by atoms with Crippen molar-refractivity contribution in [2.45, 2.75) is 77.0 Å². The molecular formula is C34H39F3O. The normalized spacial score (nSPS) is 23.8. The molecule has 2 aliphatic carbocycles. The zero-order valence-electron chi connectivity index (χ0n) is 22.6. The molecule has 38 heavy (non-hydrogen) atoms. The molecule has 0 bridgehead atoms. The van der Waals surface area contributed by atoms with Crippen molar-refractivity contribution in [3.63, 3.8) is 0 Å². The largest absolute Gasteiger partial charge is 0.494 e. The summed E-state index contributed by atoms with van der Waals surface area (Å²) in [5, 5.41) is 0. The average molecular weight is 521 g/mol.